The molecule has 1 unspecified atom stereocenters. The largest absolute Gasteiger partial charge is 0.396 e. The van der Waals surface area contributed by atoms with Crippen molar-refractivity contribution in [3.8, 4) is 0 Å². The van der Waals surface area contributed by atoms with Gasteiger partial charge in [0.25, 0.3) is 5.91 Å². The molecule has 1 aromatic rings. The van der Waals surface area contributed by atoms with Gasteiger partial charge in [-0.15, -0.1) is 0 Å². The van der Waals surface area contributed by atoms with Gasteiger partial charge in [0.2, 0.25) is 5.91 Å². The molecule has 6 heteroatoms. The number of aliphatic hydroxyl groups is 1. The molecular weight excluding hydrogens is 275 g/mol. The summed E-state index contributed by atoms with van der Waals surface area (Å²) in [5, 5.41) is 14.2. The van der Waals surface area contributed by atoms with Crippen LogP contribution < -0.4 is 10.6 Å². The van der Waals surface area contributed by atoms with Gasteiger partial charge in [-0.2, -0.15) is 0 Å². The molecular formula is C15H19FN2O3. The van der Waals surface area contributed by atoms with E-state index in [4.69, 9.17) is 5.11 Å². The number of halogens is 1. The fraction of sp³-hybridized carbons (Fsp3) is 0.467. The number of hydrogen-bond acceptors (Lipinski definition) is 3. The van der Waals surface area contributed by atoms with E-state index in [1.54, 1.807) is 0 Å². The molecule has 1 fully saturated rings. The summed E-state index contributed by atoms with van der Waals surface area (Å²) in [6.45, 7) is -0.138. The lowest BCUT2D eigenvalue weighted by atomic mass is 10.1. The molecule has 0 bridgehead atoms. The SMILES string of the molecule is O=C(CNC(=O)c1cccc(F)c1)NC(CCO)C1CC1. The number of hydrogen-bond donors (Lipinski definition) is 3. The van der Waals surface area contributed by atoms with E-state index in [9.17, 15) is 14.0 Å². The first-order valence-corrected chi connectivity index (χ1v) is 7.04. The Kier molecular flexibility index (Phi) is 5.27. The van der Waals surface area contributed by atoms with Crippen LogP contribution in [-0.4, -0.2) is 36.1 Å². The fourth-order valence-corrected chi connectivity index (χ4v) is 2.21. The topological polar surface area (TPSA) is 78.4 Å². The van der Waals surface area contributed by atoms with Crippen molar-refractivity contribution >= 4 is 11.8 Å². The maximum atomic E-state index is 13.0. The van der Waals surface area contributed by atoms with E-state index in [-0.39, 0.29) is 30.7 Å². The molecule has 1 aromatic carbocycles. The summed E-state index contributed by atoms with van der Waals surface area (Å²) in [5.74, 6) is -0.858. The Balaban J connectivity index is 1.79. The zero-order valence-electron chi connectivity index (χ0n) is 11.6. The highest BCUT2D eigenvalue weighted by atomic mass is 19.1. The van der Waals surface area contributed by atoms with Gasteiger partial charge < -0.3 is 15.7 Å². The Morgan fingerprint density at radius 1 is 1.38 bits per heavy atom. The van der Waals surface area contributed by atoms with E-state index in [1.165, 1.54) is 18.2 Å². The molecule has 5 nitrogen and oxygen atoms in total. The highest BCUT2D eigenvalue weighted by Crippen LogP contribution is 2.33. The van der Waals surface area contributed by atoms with E-state index >= 15 is 0 Å². The van der Waals surface area contributed by atoms with Gasteiger partial charge in [-0.05, 0) is 43.4 Å². The third-order valence-corrected chi connectivity index (χ3v) is 3.47. The molecule has 0 heterocycles. The van der Waals surface area contributed by atoms with Crippen LogP contribution in [0, 0.1) is 11.7 Å². The van der Waals surface area contributed by atoms with E-state index in [0.29, 0.717) is 12.3 Å². The molecule has 0 saturated heterocycles. The van der Waals surface area contributed by atoms with Crippen LogP contribution in [0.1, 0.15) is 29.6 Å². The summed E-state index contributed by atoms with van der Waals surface area (Å²) >= 11 is 0. The first kappa shape index (κ1) is 15.4. The van der Waals surface area contributed by atoms with E-state index < -0.39 is 11.7 Å². The molecule has 1 aliphatic carbocycles. The number of aliphatic hydroxyl groups excluding tert-OH is 1. The Labute approximate surface area is 122 Å². The van der Waals surface area contributed by atoms with Crippen LogP contribution in [-0.2, 0) is 4.79 Å². The molecule has 0 aromatic heterocycles. The summed E-state index contributed by atoms with van der Waals surface area (Å²) in [5.41, 5.74) is 0.178. The molecule has 1 atom stereocenters. The van der Waals surface area contributed by atoms with E-state index in [0.717, 1.165) is 18.9 Å². The zero-order valence-corrected chi connectivity index (χ0v) is 11.6. The van der Waals surface area contributed by atoms with E-state index in [2.05, 4.69) is 10.6 Å². The van der Waals surface area contributed by atoms with Crippen molar-refractivity contribution in [1.29, 1.82) is 0 Å². The molecule has 2 rings (SSSR count). The second-order valence-corrected chi connectivity index (χ2v) is 5.22. The summed E-state index contributed by atoms with van der Waals surface area (Å²) in [6.07, 6.45) is 2.63. The monoisotopic (exact) mass is 294 g/mol. The van der Waals surface area contributed by atoms with Gasteiger partial charge in [0.1, 0.15) is 5.82 Å². The normalized spacial score (nSPS) is 15.3. The van der Waals surface area contributed by atoms with Crippen LogP contribution in [0.2, 0.25) is 0 Å². The third-order valence-electron chi connectivity index (χ3n) is 3.47. The number of nitrogens with one attached hydrogen (secondary N) is 2. The van der Waals surface area contributed by atoms with Gasteiger partial charge in [-0.3, -0.25) is 9.59 Å². The smallest absolute Gasteiger partial charge is 0.251 e. The second kappa shape index (κ2) is 7.17. The number of carbonyl (C=O) groups excluding carboxylic acids is 2. The molecule has 21 heavy (non-hydrogen) atoms. The molecule has 0 aliphatic heterocycles. The fourth-order valence-electron chi connectivity index (χ4n) is 2.21. The van der Waals surface area contributed by atoms with Crippen LogP contribution in [0.5, 0.6) is 0 Å². The van der Waals surface area contributed by atoms with Gasteiger partial charge in [-0.1, -0.05) is 6.07 Å². The Hall–Kier alpha value is -1.95. The van der Waals surface area contributed by atoms with Crippen LogP contribution in [0.15, 0.2) is 24.3 Å². The Morgan fingerprint density at radius 2 is 2.14 bits per heavy atom. The average Bonchev–Trinajstić information content (AvgIpc) is 3.29. The standard InChI is InChI=1S/C15H19FN2O3/c16-12-3-1-2-11(8-12)15(21)17-9-14(20)18-13(6-7-19)10-4-5-10/h1-3,8,10,13,19H,4-7,9H2,(H,17,21)(H,18,20). The van der Waals surface area contributed by atoms with Crippen molar-refractivity contribution in [3.63, 3.8) is 0 Å². The molecule has 1 saturated carbocycles. The van der Waals surface area contributed by atoms with Gasteiger partial charge in [0.05, 0.1) is 6.54 Å². The predicted octanol–water partition coefficient (Wildman–Crippen LogP) is 0.833. The molecule has 2 amide bonds. The van der Waals surface area contributed by atoms with Crippen molar-refractivity contribution < 1.29 is 19.1 Å². The number of rotatable bonds is 7. The van der Waals surface area contributed by atoms with Crippen LogP contribution >= 0.6 is 0 Å². The second-order valence-electron chi connectivity index (χ2n) is 5.22. The van der Waals surface area contributed by atoms with Crippen molar-refractivity contribution in [2.24, 2.45) is 5.92 Å². The lowest BCUT2D eigenvalue weighted by molar-refractivity contribution is -0.121. The Bertz CT molecular complexity index is 517. The number of amides is 2. The number of benzene rings is 1. The van der Waals surface area contributed by atoms with Gasteiger partial charge in [0.15, 0.2) is 0 Å². The summed E-state index contributed by atoms with van der Waals surface area (Å²) in [6, 6.07) is 5.25. The first-order valence-electron chi connectivity index (χ1n) is 7.04. The van der Waals surface area contributed by atoms with Crippen molar-refractivity contribution in [2.75, 3.05) is 13.2 Å². The van der Waals surface area contributed by atoms with Gasteiger partial charge >= 0.3 is 0 Å². The maximum Gasteiger partial charge on any atom is 0.251 e. The highest BCUT2D eigenvalue weighted by Gasteiger charge is 2.31. The molecule has 0 radical (unpaired) electrons. The van der Waals surface area contributed by atoms with Crippen LogP contribution in [0.25, 0.3) is 0 Å². The third kappa shape index (κ3) is 4.82. The summed E-state index contributed by atoms with van der Waals surface area (Å²) < 4.78 is 13.0. The predicted molar refractivity (Wildman–Crippen MR) is 75.1 cm³/mol. The lowest BCUT2D eigenvalue weighted by Crippen LogP contribution is -2.43. The summed E-state index contributed by atoms with van der Waals surface area (Å²) in [7, 11) is 0. The molecule has 1 aliphatic rings. The van der Waals surface area contributed by atoms with E-state index in [1.807, 2.05) is 0 Å². The minimum absolute atomic E-state index is 0.0249. The van der Waals surface area contributed by atoms with Gasteiger partial charge in [0, 0.05) is 18.2 Å². The lowest BCUT2D eigenvalue weighted by Gasteiger charge is -2.17. The summed E-state index contributed by atoms with van der Waals surface area (Å²) in [4.78, 5) is 23.5. The van der Waals surface area contributed by atoms with Gasteiger partial charge in [-0.25, -0.2) is 4.39 Å². The van der Waals surface area contributed by atoms with Crippen molar-refractivity contribution in [3.05, 3.63) is 35.6 Å². The van der Waals surface area contributed by atoms with Crippen LogP contribution in [0.3, 0.4) is 0 Å². The molecule has 3 N–H and O–H groups in total. The Morgan fingerprint density at radius 3 is 2.76 bits per heavy atom. The van der Waals surface area contributed by atoms with Crippen molar-refractivity contribution in [1.82, 2.24) is 10.6 Å². The molecule has 114 valence electrons. The van der Waals surface area contributed by atoms with Crippen molar-refractivity contribution in [2.45, 2.75) is 25.3 Å². The minimum Gasteiger partial charge on any atom is -0.396 e. The first-order chi connectivity index (χ1) is 10.1. The maximum absolute atomic E-state index is 13.0. The number of carbonyl (C=O) groups is 2. The zero-order chi connectivity index (χ0) is 15.2. The minimum atomic E-state index is -0.496. The average molecular weight is 294 g/mol. The van der Waals surface area contributed by atoms with Crippen LogP contribution in [0.4, 0.5) is 4.39 Å². The molecule has 0 spiro atoms. The quantitative estimate of drug-likeness (QED) is 0.697. The highest BCUT2D eigenvalue weighted by molar-refractivity contribution is 5.96.